The van der Waals surface area contributed by atoms with Crippen LogP contribution in [0.2, 0.25) is 0 Å². The van der Waals surface area contributed by atoms with Gasteiger partial charge in [-0.3, -0.25) is 14.2 Å². The third kappa shape index (κ3) is 86.5. The van der Waals surface area contributed by atoms with Crippen LogP contribution in [0.4, 0.5) is 0 Å². The Morgan fingerprint density at radius 1 is 0.298 bits per heavy atom. The van der Waals surface area contributed by atoms with Gasteiger partial charge in [0.1, 0.15) is 19.8 Å². The number of esters is 2. The highest BCUT2D eigenvalue weighted by Crippen LogP contribution is 2.38. The standard InChI is InChI=1S/C94H162NO8P/c1-6-8-10-12-14-16-18-20-22-24-26-28-30-32-34-36-38-40-42-44-46-47-49-50-52-54-56-58-60-62-64-66-68-70-72-74-76-78-80-82-84-86-93(96)100-90-92(91-102-104(98,99)101-89-88-95(3,4)5)103-94(97)87-85-83-81-79-77-75-73-71-69-67-65-63-61-59-57-55-53-51-48-45-43-41-39-37-35-33-31-29-27-25-23-21-19-17-15-13-11-9-7-2/h8-11,14-17,20-23,26-29,32-35,38-41,45,48,92H,6-7,12-13,18-19,24-25,30-31,36-37,42-44,46-47,49-91H2,1-5H3/b10-8-,11-9-,16-14-,17-15-,22-20-,23-21-,28-26-,29-27-,34-32-,35-33-,40-38-,41-39-,48-45-. The van der Waals surface area contributed by atoms with Gasteiger partial charge < -0.3 is 27.9 Å². The zero-order valence-electron chi connectivity index (χ0n) is 68.2. The van der Waals surface area contributed by atoms with Gasteiger partial charge in [-0.15, -0.1) is 0 Å². The third-order valence-electron chi connectivity index (χ3n) is 18.5. The molecule has 104 heavy (non-hydrogen) atoms. The van der Waals surface area contributed by atoms with Crippen molar-refractivity contribution >= 4 is 19.8 Å². The van der Waals surface area contributed by atoms with E-state index in [1.165, 1.54) is 218 Å². The lowest BCUT2D eigenvalue weighted by Gasteiger charge is -2.28. The van der Waals surface area contributed by atoms with E-state index in [0.29, 0.717) is 17.4 Å². The highest BCUT2D eigenvalue weighted by Gasteiger charge is 2.22. The molecule has 2 atom stereocenters. The summed E-state index contributed by atoms with van der Waals surface area (Å²) in [5.41, 5.74) is 0. The summed E-state index contributed by atoms with van der Waals surface area (Å²) in [4.78, 5) is 38.3. The molecule has 0 saturated carbocycles. The number of carbonyl (C=O) groups excluding carboxylic acids is 2. The Morgan fingerprint density at radius 2 is 0.519 bits per heavy atom. The molecule has 0 aliphatic heterocycles. The molecule has 0 aromatic heterocycles. The molecule has 0 rings (SSSR count). The molecule has 0 aromatic rings. The first kappa shape index (κ1) is 99.6. The van der Waals surface area contributed by atoms with Gasteiger partial charge in [-0.05, 0) is 122 Å². The molecule has 10 heteroatoms. The van der Waals surface area contributed by atoms with E-state index in [0.717, 1.165) is 122 Å². The Balaban J connectivity index is 3.92. The van der Waals surface area contributed by atoms with Gasteiger partial charge in [-0.2, -0.15) is 0 Å². The number of carbonyl (C=O) groups is 2. The van der Waals surface area contributed by atoms with E-state index in [1.807, 2.05) is 21.1 Å². The fraction of sp³-hybridized carbons (Fsp3) is 0.702. The molecular formula is C94H162NO8P. The van der Waals surface area contributed by atoms with Gasteiger partial charge in [0, 0.05) is 12.8 Å². The number of ether oxygens (including phenoxy) is 2. The molecule has 0 radical (unpaired) electrons. The number of phosphoric acid groups is 1. The maximum absolute atomic E-state index is 12.9. The maximum Gasteiger partial charge on any atom is 0.306 e. The SMILES string of the molecule is CC/C=C\C/C=C\C/C=C\C/C=C\C/C=C\C/C=C\C/C=C\CCCCCCCCCCCCCCCCCCCC(=O)OC(COC(=O)CCCCCCCCCCCCCCCCCCCCCCCC/C=C\C/C=C\C/C=C\C/C=C\C/C=C\C/C=C\CC)COP(=O)([O-])OCC[N+](C)(C)C. The highest BCUT2D eigenvalue weighted by atomic mass is 31.2. The Labute approximate surface area is 643 Å². The van der Waals surface area contributed by atoms with E-state index in [1.54, 1.807) is 0 Å². The van der Waals surface area contributed by atoms with E-state index in [2.05, 4.69) is 172 Å². The quantitative estimate of drug-likeness (QED) is 0.0195. The van der Waals surface area contributed by atoms with Crippen molar-refractivity contribution in [3.8, 4) is 0 Å². The molecule has 0 fully saturated rings. The summed E-state index contributed by atoms with van der Waals surface area (Å²) in [6, 6.07) is 0. The molecule has 0 aromatic carbocycles. The first-order valence-electron chi connectivity index (χ1n) is 43.2. The van der Waals surface area contributed by atoms with Crippen molar-refractivity contribution in [2.45, 2.75) is 380 Å². The summed E-state index contributed by atoms with van der Waals surface area (Å²) < 4.78 is 34.5. The lowest BCUT2D eigenvalue weighted by molar-refractivity contribution is -0.870. The zero-order chi connectivity index (χ0) is 75.4. The lowest BCUT2D eigenvalue weighted by atomic mass is 10.0. The first-order valence-corrected chi connectivity index (χ1v) is 44.7. The zero-order valence-corrected chi connectivity index (χ0v) is 69.1. The van der Waals surface area contributed by atoms with Gasteiger partial charge in [0.15, 0.2) is 6.10 Å². The second-order valence-corrected chi connectivity index (χ2v) is 31.2. The number of hydrogen-bond acceptors (Lipinski definition) is 8. The smallest absolute Gasteiger partial charge is 0.306 e. The number of rotatable bonds is 79. The van der Waals surface area contributed by atoms with Crippen LogP contribution >= 0.6 is 7.82 Å². The van der Waals surface area contributed by atoms with Gasteiger partial charge in [0.25, 0.3) is 7.82 Å². The van der Waals surface area contributed by atoms with Gasteiger partial charge in [-0.25, -0.2) is 0 Å². The second-order valence-electron chi connectivity index (χ2n) is 29.8. The number of likely N-dealkylation sites (N-methyl/N-ethyl adjacent to an activating group) is 1. The number of nitrogens with zero attached hydrogens (tertiary/aromatic N) is 1. The fourth-order valence-corrected chi connectivity index (χ4v) is 12.8. The van der Waals surface area contributed by atoms with E-state index in [4.69, 9.17) is 18.5 Å². The van der Waals surface area contributed by atoms with Crippen LogP contribution < -0.4 is 4.89 Å². The predicted molar refractivity (Wildman–Crippen MR) is 452 cm³/mol. The van der Waals surface area contributed by atoms with Crippen molar-refractivity contribution in [3.63, 3.8) is 0 Å². The summed E-state index contributed by atoms with van der Waals surface area (Å²) in [7, 11) is 1.17. The molecule has 596 valence electrons. The fourth-order valence-electron chi connectivity index (χ4n) is 12.1. The number of unbranched alkanes of at least 4 members (excludes halogenated alkanes) is 39. The second kappa shape index (κ2) is 82.7. The van der Waals surface area contributed by atoms with Gasteiger partial charge in [-0.1, -0.05) is 397 Å². The number of phosphoric ester groups is 1. The Hall–Kier alpha value is -4.37. The van der Waals surface area contributed by atoms with Crippen molar-refractivity contribution in [2.75, 3.05) is 47.5 Å². The van der Waals surface area contributed by atoms with Crippen LogP contribution in [0.3, 0.4) is 0 Å². The van der Waals surface area contributed by atoms with Crippen molar-refractivity contribution in [1.29, 1.82) is 0 Å². The minimum absolute atomic E-state index is 0.0334. The molecule has 0 saturated heterocycles. The van der Waals surface area contributed by atoms with Crippen LogP contribution in [0.1, 0.15) is 373 Å². The van der Waals surface area contributed by atoms with Gasteiger partial charge in [0.05, 0.1) is 27.7 Å². The molecule has 0 bridgehead atoms. The van der Waals surface area contributed by atoms with Crippen LogP contribution in [0.5, 0.6) is 0 Å². The average molecular weight is 1470 g/mol. The topological polar surface area (TPSA) is 111 Å². The maximum atomic E-state index is 12.9. The summed E-state index contributed by atoms with van der Waals surface area (Å²) in [5.74, 6) is -0.821. The van der Waals surface area contributed by atoms with Crippen LogP contribution in [0.15, 0.2) is 158 Å². The predicted octanol–water partition coefficient (Wildman–Crippen LogP) is 28.8. The van der Waals surface area contributed by atoms with Crippen molar-refractivity contribution in [3.05, 3.63) is 158 Å². The Morgan fingerprint density at radius 3 is 0.769 bits per heavy atom. The largest absolute Gasteiger partial charge is 0.756 e. The van der Waals surface area contributed by atoms with E-state index in [-0.39, 0.29) is 32.0 Å². The number of hydrogen-bond donors (Lipinski definition) is 0. The average Bonchev–Trinajstić information content (AvgIpc) is 0.915. The third-order valence-corrected chi connectivity index (χ3v) is 19.5. The molecule has 0 heterocycles. The normalized spacial score (nSPS) is 13.8. The van der Waals surface area contributed by atoms with Crippen molar-refractivity contribution in [2.24, 2.45) is 0 Å². The van der Waals surface area contributed by atoms with Crippen molar-refractivity contribution < 1.29 is 42.1 Å². The van der Waals surface area contributed by atoms with Gasteiger partial charge >= 0.3 is 11.9 Å². The molecule has 0 amide bonds. The molecule has 0 aliphatic rings. The molecule has 2 unspecified atom stereocenters. The van der Waals surface area contributed by atoms with Crippen LogP contribution in [0, 0.1) is 0 Å². The van der Waals surface area contributed by atoms with Gasteiger partial charge in [0.2, 0.25) is 0 Å². The molecule has 0 N–H and O–H groups in total. The number of allylic oxidation sites excluding steroid dienone is 26. The van der Waals surface area contributed by atoms with E-state index >= 15 is 0 Å². The summed E-state index contributed by atoms with van der Waals surface area (Å²) in [6.45, 7) is 4.05. The molecule has 0 spiro atoms. The summed E-state index contributed by atoms with van der Waals surface area (Å²) in [5, 5.41) is 0. The highest BCUT2D eigenvalue weighted by molar-refractivity contribution is 7.45. The molecular weight excluding hydrogens is 1300 g/mol. The lowest BCUT2D eigenvalue weighted by Crippen LogP contribution is -2.37. The minimum atomic E-state index is -4.65. The molecule has 9 nitrogen and oxygen atoms in total. The first-order chi connectivity index (χ1) is 51.0. The van der Waals surface area contributed by atoms with Crippen LogP contribution in [0.25, 0.3) is 0 Å². The summed E-state index contributed by atoms with van der Waals surface area (Å²) in [6.07, 6.45) is 124. The van der Waals surface area contributed by atoms with E-state index in [9.17, 15) is 19.0 Å². The van der Waals surface area contributed by atoms with Crippen LogP contribution in [-0.2, 0) is 32.7 Å². The Bertz CT molecular complexity index is 2320. The monoisotopic (exact) mass is 1460 g/mol. The van der Waals surface area contributed by atoms with E-state index < -0.39 is 26.5 Å². The van der Waals surface area contributed by atoms with Crippen LogP contribution in [-0.4, -0.2) is 70.0 Å². The number of quaternary nitrogens is 1. The molecule has 0 aliphatic carbocycles. The summed E-state index contributed by atoms with van der Waals surface area (Å²) >= 11 is 0. The van der Waals surface area contributed by atoms with Crippen molar-refractivity contribution in [1.82, 2.24) is 0 Å². The minimum Gasteiger partial charge on any atom is -0.756 e. The Kier molecular flexibility index (Phi) is 79.2.